The predicted octanol–water partition coefficient (Wildman–Crippen LogP) is 3.21. The summed E-state index contributed by atoms with van der Waals surface area (Å²) in [6.45, 7) is 8.17. The van der Waals surface area contributed by atoms with Gasteiger partial charge in [0.05, 0.1) is 5.41 Å². The molecule has 0 aromatic rings. The maximum Gasteiger partial charge on any atom is 0.310 e. The summed E-state index contributed by atoms with van der Waals surface area (Å²) in [6.07, 6.45) is 4.23. The van der Waals surface area contributed by atoms with Gasteiger partial charge in [0.1, 0.15) is 0 Å². The van der Waals surface area contributed by atoms with Crippen LogP contribution in [0.1, 0.15) is 66.2 Å². The minimum atomic E-state index is -0.905. The number of carbonyl (C=O) groups excluding carboxylic acids is 1. The highest BCUT2D eigenvalue weighted by Crippen LogP contribution is 2.32. The fourth-order valence-corrected chi connectivity index (χ4v) is 3.14. The fraction of sp³-hybridized carbons (Fsp3) is 0.875. The van der Waals surface area contributed by atoms with Crippen LogP contribution in [0.25, 0.3) is 0 Å². The summed E-state index contributed by atoms with van der Waals surface area (Å²) < 4.78 is 0. The largest absolute Gasteiger partial charge is 0.481 e. The first-order chi connectivity index (χ1) is 9.34. The third kappa shape index (κ3) is 3.97. The lowest BCUT2D eigenvalue weighted by molar-refractivity contribution is -0.152. The molecule has 0 aromatic heterocycles. The Morgan fingerprint density at radius 3 is 2.20 bits per heavy atom. The van der Waals surface area contributed by atoms with E-state index in [1.54, 1.807) is 0 Å². The quantitative estimate of drug-likeness (QED) is 0.786. The number of carbonyl (C=O) groups is 2. The van der Waals surface area contributed by atoms with Gasteiger partial charge in [0.25, 0.3) is 0 Å². The smallest absolute Gasteiger partial charge is 0.310 e. The van der Waals surface area contributed by atoms with Crippen LogP contribution in [0.15, 0.2) is 0 Å². The molecule has 0 aliphatic heterocycles. The number of amides is 1. The summed E-state index contributed by atoms with van der Waals surface area (Å²) in [5, 5.41) is 12.4. The third-order valence-corrected chi connectivity index (χ3v) is 5.27. The average molecular weight is 283 g/mol. The molecule has 0 radical (unpaired) electrons. The molecule has 0 heterocycles. The van der Waals surface area contributed by atoms with Crippen LogP contribution in [0, 0.1) is 17.3 Å². The van der Waals surface area contributed by atoms with Crippen molar-refractivity contribution < 1.29 is 14.7 Å². The summed E-state index contributed by atoms with van der Waals surface area (Å²) in [6, 6.07) is 0.217. The van der Waals surface area contributed by atoms with E-state index in [1.165, 1.54) is 0 Å². The lowest BCUT2D eigenvalue weighted by Gasteiger charge is -2.33. The SMILES string of the molecule is CCC(CC)(CC(=O)NC1CCC(C)C(C)C1)C(=O)O. The van der Waals surface area contributed by atoms with E-state index in [9.17, 15) is 14.7 Å². The van der Waals surface area contributed by atoms with Crippen molar-refractivity contribution in [1.82, 2.24) is 5.32 Å². The predicted molar refractivity (Wildman–Crippen MR) is 79.4 cm³/mol. The van der Waals surface area contributed by atoms with Gasteiger partial charge in [0.2, 0.25) is 5.91 Å². The van der Waals surface area contributed by atoms with Crippen molar-refractivity contribution in [3.63, 3.8) is 0 Å². The minimum Gasteiger partial charge on any atom is -0.481 e. The molecule has 4 nitrogen and oxygen atoms in total. The van der Waals surface area contributed by atoms with Gasteiger partial charge in [-0.2, -0.15) is 0 Å². The van der Waals surface area contributed by atoms with Gasteiger partial charge in [-0.25, -0.2) is 0 Å². The van der Waals surface area contributed by atoms with Crippen LogP contribution >= 0.6 is 0 Å². The zero-order valence-electron chi connectivity index (χ0n) is 13.2. The standard InChI is InChI=1S/C16H29NO3/c1-5-16(6-2,15(19)20)10-14(18)17-13-8-7-11(3)12(4)9-13/h11-13H,5-10H2,1-4H3,(H,17,18)(H,19,20). The Bertz CT molecular complexity index is 350. The highest BCUT2D eigenvalue weighted by molar-refractivity contribution is 5.85. The molecule has 0 aromatic carbocycles. The lowest BCUT2D eigenvalue weighted by Crippen LogP contribution is -2.43. The topological polar surface area (TPSA) is 66.4 Å². The Hall–Kier alpha value is -1.06. The first kappa shape index (κ1) is 17.0. The molecule has 1 saturated carbocycles. The summed E-state index contributed by atoms with van der Waals surface area (Å²) >= 11 is 0. The Balaban J connectivity index is 2.56. The van der Waals surface area contributed by atoms with Gasteiger partial charge in [-0.3, -0.25) is 9.59 Å². The van der Waals surface area contributed by atoms with E-state index < -0.39 is 11.4 Å². The van der Waals surface area contributed by atoms with Crippen molar-refractivity contribution in [2.75, 3.05) is 0 Å². The van der Waals surface area contributed by atoms with Gasteiger partial charge in [0.15, 0.2) is 0 Å². The van der Waals surface area contributed by atoms with Crippen molar-refractivity contribution >= 4 is 11.9 Å². The van der Waals surface area contributed by atoms with E-state index in [4.69, 9.17) is 0 Å². The second kappa shape index (κ2) is 7.09. The zero-order valence-corrected chi connectivity index (χ0v) is 13.2. The second-order valence-corrected chi connectivity index (χ2v) is 6.50. The number of carboxylic acid groups (broad SMARTS) is 1. The van der Waals surface area contributed by atoms with E-state index in [-0.39, 0.29) is 18.4 Å². The third-order valence-electron chi connectivity index (χ3n) is 5.27. The number of hydrogen-bond donors (Lipinski definition) is 2. The van der Waals surface area contributed by atoms with E-state index in [2.05, 4.69) is 19.2 Å². The number of carboxylic acids is 1. The summed E-state index contributed by atoms with van der Waals surface area (Å²) in [5.41, 5.74) is -0.905. The minimum absolute atomic E-state index is 0.0930. The zero-order chi connectivity index (χ0) is 15.3. The maximum atomic E-state index is 12.2. The van der Waals surface area contributed by atoms with Crippen molar-refractivity contribution in [2.45, 2.75) is 72.3 Å². The Kier molecular flexibility index (Phi) is 6.03. The molecule has 20 heavy (non-hydrogen) atoms. The van der Waals surface area contributed by atoms with Crippen molar-refractivity contribution in [3.05, 3.63) is 0 Å². The van der Waals surface area contributed by atoms with Crippen molar-refractivity contribution in [2.24, 2.45) is 17.3 Å². The number of hydrogen-bond acceptors (Lipinski definition) is 2. The molecule has 1 fully saturated rings. The Labute approximate surface area is 122 Å². The molecule has 3 atom stereocenters. The molecule has 2 N–H and O–H groups in total. The molecular formula is C16H29NO3. The summed E-state index contributed by atoms with van der Waals surface area (Å²) in [5.74, 6) is 0.370. The first-order valence-corrected chi connectivity index (χ1v) is 7.87. The van der Waals surface area contributed by atoms with Crippen LogP contribution in [-0.2, 0) is 9.59 Å². The molecule has 0 spiro atoms. The monoisotopic (exact) mass is 283 g/mol. The highest BCUT2D eigenvalue weighted by atomic mass is 16.4. The lowest BCUT2D eigenvalue weighted by atomic mass is 9.77. The summed E-state index contributed by atoms with van der Waals surface area (Å²) in [4.78, 5) is 23.6. The highest BCUT2D eigenvalue weighted by Gasteiger charge is 2.37. The van der Waals surface area contributed by atoms with Crippen LogP contribution < -0.4 is 5.32 Å². The molecule has 0 saturated heterocycles. The molecule has 0 bridgehead atoms. The summed E-state index contributed by atoms with van der Waals surface area (Å²) in [7, 11) is 0. The first-order valence-electron chi connectivity index (χ1n) is 7.87. The Morgan fingerprint density at radius 2 is 1.75 bits per heavy atom. The fourth-order valence-electron chi connectivity index (χ4n) is 3.14. The van der Waals surface area contributed by atoms with Gasteiger partial charge in [-0.15, -0.1) is 0 Å². The number of nitrogens with one attached hydrogen (secondary N) is 1. The van der Waals surface area contributed by atoms with Gasteiger partial charge >= 0.3 is 5.97 Å². The van der Waals surface area contributed by atoms with Crippen molar-refractivity contribution in [3.8, 4) is 0 Å². The Morgan fingerprint density at radius 1 is 1.15 bits per heavy atom. The van der Waals surface area contributed by atoms with E-state index in [0.29, 0.717) is 24.7 Å². The average Bonchev–Trinajstić information content (AvgIpc) is 2.40. The van der Waals surface area contributed by atoms with Gasteiger partial charge in [-0.1, -0.05) is 27.7 Å². The van der Waals surface area contributed by atoms with Gasteiger partial charge < -0.3 is 10.4 Å². The van der Waals surface area contributed by atoms with Crippen LogP contribution in [0.4, 0.5) is 0 Å². The molecule has 1 amide bonds. The van der Waals surface area contributed by atoms with Crippen molar-refractivity contribution in [1.29, 1.82) is 0 Å². The van der Waals surface area contributed by atoms with E-state index in [0.717, 1.165) is 19.3 Å². The van der Waals surface area contributed by atoms with Gasteiger partial charge in [-0.05, 0) is 43.9 Å². The van der Waals surface area contributed by atoms with E-state index >= 15 is 0 Å². The molecule has 4 heteroatoms. The number of rotatable bonds is 6. The van der Waals surface area contributed by atoms with Crippen LogP contribution in [-0.4, -0.2) is 23.0 Å². The molecule has 3 unspecified atom stereocenters. The van der Waals surface area contributed by atoms with E-state index in [1.807, 2.05) is 13.8 Å². The maximum absolute atomic E-state index is 12.2. The second-order valence-electron chi connectivity index (χ2n) is 6.50. The van der Waals surface area contributed by atoms with Crippen LogP contribution in [0.2, 0.25) is 0 Å². The van der Waals surface area contributed by atoms with Crippen LogP contribution in [0.5, 0.6) is 0 Å². The van der Waals surface area contributed by atoms with Gasteiger partial charge in [0, 0.05) is 12.5 Å². The number of aliphatic carboxylic acids is 1. The normalized spacial score (nSPS) is 27.1. The molecule has 116 valence electrons. The molecular weight excluding hydrogens is 254 g/mol. The van der Waals surface area contributed by atoms with Crippen LogP contribution in [0.3, 0.4) is 0 Å². The molecule has 1 aliphatic rings. The molecule has 1 rings (SSSR count). The molecule has 1 aliphatic carbocycles.